The fourth-order valence-electron chi connectivity index (χ4n) is 1.79. The molecule has 2 N–H and O–H groups in total. The molecular formula is C13H12BrN5O2. The van der Waals surface area contributed by atoms with Crippen LogP contribution in [0.5, 0.6) is 17.4 Å². The van der Waals surface area contributed by atoms with Crippen molar-refractivity contribution in [1.29, 1.82) is 0 Å². The van der Waals surface area contributed by atoms with E-state index < -0.39 is 0 Å². The average molecular weight is 350 g/mol. The topological polar surface area (TPSA) is 85.0 Å². The number of anilines is 1. The molecule has 7 nitrogen and oxygen atoms in total. The van der Waals surface area contributed by atoms with Crippen LogP contribution in [0, 0.1) is 0 Å². The van der Waals surface area contributed by atoms with Gasteiger partial charge in [0, 0.05) is 7.05 Å². The van der Waals surface area contributed by atoms with Crippen molar-refractivity contribution in [2.45, 2.75) is 0 Å². The molecule has 21 heavy (non-hydrogen) atoms. The lowest BCUT2D eigenvalue weighted by Gasteiger charge is -2.10. The smallest absolute Gasteiger partial charge is 0.235 e. The fraction of sp³-hybridized carbons (Fsp3) is 0.154. The zero-order valence-electron chi connectivity index (χ0n) is 11.3. The predicted molar refractivity (Wildman–Crippen MR) is 82.0 cm³/mol. The van der Waals surface area contributed by atoms with Crippen LogP contribution >= 0.6 is 15.9 Å². The second kappa shape index (κ2) is 5.57. The Morgan fingerprint density at radius 3 is 2.86 bits per heavy atom. The summed E-state index contributed by atoms with van der Waals surface area (Å²) < 4.78 is 11.8. The van der Waals surface area contributed by atoms with Gasteiger partial charge in [-0.2, -0.15) is 15.1 Å². The minimum atomic E-state index is 0.420. The van der Waals surface area contributed by atoms with E-state index in [1.54, 1.807) is 26.4 Å². The number of methoxy groups -OCH3 is 1. The Bertz CT molecular complexity index is 789. The van der Waals surface area contributed by atoms with Gasteiger partial charge in [0.25, 0.3) is 0 Å². The molecule has 0 saturated heterocycles. The van der Waals surface area contributed by atoms with Gasteiger partial charge < -0.3 is 14.8 Å². The minimum Gasteiger partial charge on any atom is -0.497 e. The van der Waals surface area contributed by atoms with Gasteiger partial charge in [0.1, 0.15) is 16.9 Å². The molecule has 0 aliphatic heterocycles. The molecule has 0 saturated carbocycles. The highest BCUT2D eigenvalue weighted by Gasteiger charge is 2.13. The van der Waals surface area contributed by atoms with E-state index in [-0.39, 0.29) is 0 Å². The number of ether oxygens (including phenoxy) is 2. The van der Waals surface area contributed by atoms with Gasteiger partial charge in [0.15, 0.2) is 5.65 Å². The van der Waals surface area contributed by atoms with Crippen molar-refractivity contribution in [1.82, 2.24) is 20.2 Å². The van der Waals surface area contributed by atoms with Gasteiger partial charge in [0.05, 0.1) is 17.8 Å². The Labute approximate surface area is 128 Å². The number of aromatic nitrogens is 4. The number of nitrogens with one attached hydrogen (secondary N) is 2. The molecule has 3 aromatic rings. The normalized spacial score (nSPS) is 10.6. The van der Waals surface area contributed by atoms with Crippen LogP contribution in [0.3, 0.4) is 0 Å². The lowest BCUT2D eigenvalue weighted by atomic mass is 10.3. The third-order valence-electron chi connectivity index (χ3n) is 2.84. The van der Waals surface area contributed by atoms with Crippen molar-refractivity contribution in [3.63, 3.8) is 0 Å². The molecule has 1 aromatic carbocycles. The van der Waals surface area contributed by atoms with Crippen molar-refractivity contribution < 1.29 is 9.47 Å². The summed E-state index contributed by atoms with van der Waals surface area (Å²) in [7, 11) is 3.35. The number of fused-ring (bicyclic) bond motifs is 1. The molecule has 0 unspecified atom stereocenters. The fourth-order valence-corrected chi connectivity index (χ4v) is 2.23. The molecule has 2 aromatic heterocycles. The quantitative estimate of drug-likeness (QED) is 0.753. The average Bonchev–Trinajstić information content (AvgIpc) is 2.97. The molecule has 108 valence electrons. The summed E-state index contributed by atoms with van der Waals surface area (Å²) >= 11 is 3.45. The van der Waals surface area contributed by atoms with E-state index in [1.165, 1.54) is 0 Å². The van der Waals surface area contributed by atoms with Crippen LogP contribution in [-0.2, 0) is 0 Å². The number of rotatable bonds is 4. The van der Waals surface area contributed by atoms with Gasteiger partial charge >= 0.3 is 0 Å². The van der Waals surface area contributed by atoms with Crippen LogP contribution in [-0.4, -0.2) is 34.3 Å². The lowest BCUT2D eigenvalue weighted by Crippen LogP contribution is -1.99. The molecule has 0 atom stereocenters. The van der Waals surface area contributed by atoms with Crippen molar-refractivity contribution in [3.05, 3.63) is 28.9 Å². The molecule has 2 heterocycles. The maximum absolute atomic E-state index is 5.87. The maximum Gasteiger partial charge on any atom is 0.235 e. The highest BCUT2D eigenvalue weighted by Crippen LogP contribution is 2.34. The number of hydrogen-bond donors (Lipinski definition) is 2. The third-order valence-corrected chi connectivity index (χ3v) is 3.46. The van der Waals surface area contributed by atoms with E-state index in [1.807, 2.05) is 12.1 Å². The predicted octanol–water partition coefficient (Wildman–Crippen LogP) is 2.96. The van der Waals surface area contributed by atoms with E-state index in [0.29, 0.717) is 28.6 Å². The van der Waals surface area contributed by atoms with Crippen molar-refractivity contribution >= 4 is 32.9 Å². The Morgan fingerprint density at radius 2 is 2.14 bits per heavy atom. The second-order valence-electron chi connectivity index (χ2n) is 4.13. The Kier molecular flexibility index (Phi) is 3.61. The Morgan fingerprint density at radius 1 is 1.29 bits per heavy atom. The maximum atomic E-state index is 5.87. The van der Waals surface area contributed by atoms with Gasteiger partial charge in [-0.25, -0.2) is 0 Å². The van der Waals surface area contributed by atoms with Crippen molar-refractivity contribution in [2.24, 2.45) is 0 Å². The Hall–Kier alpha value is -2.35. The highest BCUT2D eigenvalue weighted by atomic mass is 79.9. The molecule has 0 aliphatic carbocycles. The largest absolute Gasteiger partial charge is 0.497 e. The number of halogens is 1. The van der Waals surface area contributed by atoms with Crippen molar-refractivity contribution in [2.75, 3.05) is 19.5 Å². The number of hydrogen-bond acceptors (Lipinski definition) is 6. The summed E-state index contributed by atoms with van der Waals surface area (Å²) in [5.74, 6) is 2.23. The summed E-state index contributed by atoms with van der Waals surface area (Å²) in [5.41, 5.74) is 0.606. The highest BCUT2D eigenvalue weighted by molar-refractivity contribution is 9.10. The summed E-state index contributed by atoms with van der Waals surface area (Å²) in [5, 5.41) is 10.4. The summed E-state index contributed by atoms with van der Waals surface area (Å²) in [6, 6.07) is 5.44. The first-order valence-corrected chi connectivity index (χ1v) is 6.91. The third kappa shape index (κ3) is 2.62. The van der Waals surface area contributed by atoms with Gasteiger partial charge in [0.2, 0.25) is 11.8 Å². The van der Waals surface area contributed by atoms with Gasteiger partial charge in [-0.3, -0.25) is 5.10 Å². The second-order valence-corrected chi connectivity index (χ2v) is 4.99. The molecule has 8 heteroatoms. The Balaban J connectivity index is 2.03. The van der Waals surface area contributed by atoms with E-state index in [0.717, 1.165) is 10.2 Å². The number of aromatic amines is 1. The molecule has 0 fully saturated rings. The van der Waals surface area contributed by atoms with Gasteiger partial charge in [-0.15, -0.1) is 0 Å². The number of H-pyrrole nitrogens is 1. The van der Waals surface area contributed by atoms with Crippen LogP contribution in [0.15, 0.2) is 28.9 Å². The van der Waals surface area contributed by atoms with Crippen LogP contribution in [0.1, 0.15) is 0 Å². The molecule has 0 radical (unpaired) electrons. The monoisotopic (exact) mass is 349 g/mol. The van der Waals surface area contributed by atoms with Crippen LogP contribution in [0.4, 0.5) is 5.95 Å². The lowest BCUT2D eigenvalue weighted by molar-refractivity contribution is 0.411. The standard InChI is InChI=1S/C13H12BrN5O2/c1-15-13-17-11-8(6-16-19-11)12(18-13)21-10-4-3-7(20-2)5-9(10)14/h3-6H,1-2H3,(H2,15,16,17,18,19). The van der Waals surface area contributed by atoms with E-state index >= 15 is 0 Å². The molecule has 0 bridgehead atoms. The molecular weight excluding hydrogens is 338 g/mol. The first-order valence-electron chi connectivity index (χ1n) is 6.11. The number of benzene rings is 1. The van der Waals surface area contributed by atoms with Crippen LogP contribution in [0.2, 0.25) is 0 Å². The van der Waals surface area contributed by atoms with Crippen LogP contribution < -0.4 is 14.8 Å². The molecule has 0 amide bonds. The zero-order chi connectivity index (χ0) is 14.8. The zero-order valence-corrected chi connectivity index (χ0v) is 12.9. The minimum absolute atomic E-state index is 0.420. The first kappa shape index (κ1) is 13.6. The van der Waals surface area contributed by atoms with E-state index in [4.69, 9.17) is 9.47 Å². The molecule has 3 rings (SSSR count). The van der Waals surface area contributed by atoms with Gasteiger partial charge in [-0.1, -0.05) is 0 Å². The van der Waals surface area contributed by atoms with Gasteiger partial charge in [-0.05, 0) is 34.1 Å². The van der Waals surface area contributed by atoms with E-state index in [9.17, 15) is 0 Å². The van der Waals surface area contributed by atoms with Crippen LogP contribution in [0.25, 0.3) is 11.0 Å². The summed E-state index contributed by atoms with van der Waals surface area (Å²) in [6.45, 7) is 0. The SMILES string of the molecule is CNc1nc(Oc2ccc(OC)cc2Br)c2cn[nH]c2n1. The van der Waals surface area contributed by atoms with E-state index in [2.05, 4.69) is 41.4 Å². The number of nitrogens with zero attached hydrogens (tertiary/aromatic N) is 3. The molecule has 0 aliphatic rings. The summed E-state index contributed by atoms with van der Waals surface area (Å²) in [6.07, 6.45) is 1.63. The van der Waals surface area contributed by atoms with Crippen molar-refractivity contribution in [3.8, 4) is 17.4 Å². The first-order chi connectivity index (χ1) is 10.2. The summed E-state index contributed by atoms with van der Waals surface area (Å²) in [4.78, 5) is 8.57. The molecule has 0 spiro atoms.